The van der Waals surface area contributed by atoms with Gasteiger partial charge in [-0.25, -0.2) is 4.39 Å². The topological polar surface area (TPSA) is 53.6 Å². The fraction of sp³-hybridized carbons (Fsp3) is 0.176. The first-order valence-corrected chi connectivity index (χ1v) is 7.25. The molecule has 0 bridgehead atoms. The predicted molar refractivity (Wildman–Crippen MR) is 85.0 cm³/mol. The minimum Gasteiger partial charge on any atom is -0.370 e. The van der Waals surface area contributed by atoms with Crippen molar-refractivity contribution in [3.63, 3.8) is 0 Å². The summed E-state index contributed by atoms with van der Waals surface area (Å²) >= 11 is 0. The molecule has 0 spiro atoms. The Hall–Kier alpha value is -2.69. The van der Waals surface area contributed by atoms with Gasteiger partial charge in [-0.3, -0.25) is 10.1 Å². The summed E-state index contributed by atoms with van der Waals surface area (Å²) in [4.78, 5) is 4.02. The third-order valence-corrected chi connectivity index (χ3v) is 3.49. The molecule has 4 nitrogen and oxygen atoms in total. The van der Waals surface area contributed by atoms with E-state index >= 15 is 0 Å². The second-order valence-corrected chi connectivity index (χ2v) is 5.05. The van der Waals surface area contributed by atoms with E-state index in [-0.39, 0.29) is 5.82 Å². The van der Waals surface area contributed by atoms with Gasteiger partial charge in [0.2, 0.25) is 0 Å². The second-order valence-electron chi connectivity index (χ2n) is 5.05. The van der Waals surface area contributed by atoms with Crippen molar-refractivity contribution in [3.05, 3.63) is 66.4 Å². The van der Waals surface area contributed by atoms with Crippen LogP contribution in [0.15, 0.2) is 55.0 Å². The summed E-state index contributed by atoms with van der Waals surface area (Å²) in [5.41, 5.74) is 3.25. The molecular weight excluding hydrogens is 279 g/mol. The highest BCUT2D eigenvalue weighted by atomic mass is 19.1. The van der Waals surface area contributed by atoms with Crippen LogP contribution < -0.4 is 5.32 Å². The average Bonchev–Trinajstić information content (AvgIpc) is 3.02. The number of nitrogens with one attached hydrogen (secondary N) is 2. The smallest absolute Gasteiger partial charge is 0.129 e. The number of rotatable bonds is 6. The van der Waals surface area contributed by atoms with Crippen LogP contribution in [0.25, 0.3) is 11.1 Å². The fourth-order valence-electron chi connectivity index (χ4n) is 2.33. The Morgan fingerprint density at radius 3 is 2.59 bits per heavy atom. The van der Waals surface area contributed by atoms with Crippen molar-refractivity contribution in [2.75, 3.05) is 11.9 Å². The van der Waals surface area contributed by atoms with Crippen molar-refractivity contribution in [1.29, 1.82) is 0 Å². The predicted octanol–water partition coefficient (Wildman–Crippen LogP) is 3.66. The molecule has 2 aromatic heterocycles. The molecule has 0 amide bonds. The number of aromatic amines is 1. The summed E-state index contributed by atoms with van der Waals surface area (Å²) in [6.07, 6.45) is 7.20. The largest absolute Gasteiger partial charge is 0.370 e. The Kier molecular flexibility index (Phi) is 4.44. The number of benzene rings is 1. The van der Waals surface area contributed by atoms with E-state index in [1.807, 2.05) is 24.3 Å². The van der Waals surface area contributed by atoms with Gasteiger partial charge in [0, 0.05) is 24.5 Å². The van der Waals surface area contributed by atoms with Gasteiger partial charge in [-0.2, -0.15) is 5.10 Å². The molecule has 0 saturated carbocycles. The van der Waals surface area contributed by atoms with E-state index < -0.39 is 0 Å². The fourth-order valence-corrected chi connectivity index (χ4v) is 2.33. The van der Waals surface area contributed by atoms with Gasteiger partial charge >= 0.3 is 0 Å². The number of halogens is 1. The molecule has 5 heteroatoms. The molecule has 0 aliphatic carbocycles. The summed E-state index contributed by atoms with van der Waals surface area (Å²) in [6, 6.07) is 10.6. The Balaban J connectivity index is 1.54. The maximum absolute atomic E-state index is 12.8. The van der Waals surface area contributed by atoms with Crippen LogP contribution in [0.4, 0.5) is 10.2 Å². The van der Waals surface area contributed by atoms with Crippen LogP contribution in [0.5, 0.6) is 0 Å². The number of nitrogens with zero attached hydrogens (tertiary/aromatic N) is 2. The van der Waals surface area contributed by atoms with Crippen LogP contribution >= 0.6 is 0 Å². The second kappa shape index (κ2) is 6.85. The number of aromatic nitrogens is 3. The number of hydrogen-bond acceptors (Lipinski definition) is 3. The minimum atomic E-state index is -0.193. The van der Waals surface area contributed by atoms with E-state index in [1.165, 1.54) is 12.1 Å². The zero-order chi connectivity index (χ0) is 15.2. The van der Waals surface area contributed by atoms with E-state index in [1.54, 1.807) is 18.6 Å². The molecule has 3 aromatic rings. The van der Waals surface area contributed by atoms with E-state index in [4.69, 9.17) is 0 Å². The van der Waals surface area contributed by atoms with Crippen molar-refractivity contribution in [2.45, 2.75) is 12.8 Å². The van der Waals surface area contributed by atoms with Gasteiger partial charge in [0.05, 0.1) is 6.20 Å². The Labute approximate surface area is 128 Å². The molecule has 2 heterocycles. The lowest BCUT2D eigenvalue weighted by molar-refractivity contribution is 0.626. The monoisotopic (exact) mass is 296 g/mol. The van der Waals surface area contributed by atoms with Crippen LogP contribution in [0.2, 0.25) is 0 Å². The summed E-state index contributed by atoms with van der Waals surface area (Å²) in [6.45, 7) is 0.817. The molecule has 0 aliphatic heterocycles. The van der Waals surface area contributed by atoms with E-state index in [9.17, 15) is 4.39 Å². The first-order valence-electron chi connectivity index (χ1n) is 7.25. The maximum atomic E-state index is 12.8. The molecule has 22 heavy (non-hydrogen) atoms. The van der Waals surface area contributed by atoms with Crippen LogP contribution in [-0.4, -0.2) is 21.7 Å². The first-order chi connectivity index (χ1) is 10.8. The van der Waals surface area contributed by atoms with Crippen molar-refractivity contribution < 1.29 is 4.39 Å². The van der Waals surface area contributed by atoms with Gasteiger partial charge in [-0.05, 0) is 48.2 Å². The molecular formula is C17H17FN4. The summed E-state index contributed by atoms with van der Waals surface area (Å²) < 4.78 is 12.8. The number of H-pyrrole nitrogens is 1. The van der Waals surface area contributed by atoms with E-state index in [0.29, 0.717) is 0 Å². The average molecular weight is 296 g/mol. The van der Waals surface area contributed by atoms with Crippen molar-refractivity contribution in [3.8, 4) is 11.1 Å². The lowest BCUT2D eigenvalue weighted by atomic mass is 10.1. The third kappa shape index (κ3) is 3.49. The molecule has 0 saturated heterocycles. The number of hydrogen-bond donors (Lipinski definition) is 2. The molecule has 0 unspecified atom stereocenters. The zero-order valence-corrected chi connectivity index (χ0v) is 12.1. The van der Waals surface area contributed by atoms with Crippen molar-refractivity contribution in [2.24, 2.45) is 0 Å². The first kappa shape index (κ1) is 14.3. The van der Waals surface area contributed by atoms with Gasteiger partial charge < -0.3 is 5.32 Å². The molecule has 0 radical (unpaired) electrons. The normalized spacial score (nSPS) is 10.6. The summed E-state index contributed by atoms with van der Waals surface area (Å²) in [5, 5.41) is 10.4. The molecule has 1 aromatic carbocycles. The highest BCUT2D eigenvalue weighted by Crippen LogP contribution is 2.24. The van der Waals surface area contributed by atoms with Gasteiger partial charge in [0.1, 0.15) is 11.6 Å². The Bertz CT molecular complexity index is 707. The van der Waals surface area contributed by atoms with Crippen LogP contribution in [0.3, 0.4) is 0 Å². The van der Waals surface area contributed by atoms with Crippen LogP contribution in [0, 0.1) is 5.82 Å². The lowest BCUT2D eigenvalue weighted by Crippen LogP contribution is -2.04. The van der Waals surface area contributed by atoms with Crippen LogP contribution in [-0.2, 0) is 6.42 Å². The van der Waals surface area contributed by atoms with Gasteiger partial charge in [-0.15, -0.1) is 0 Å². The van der Waals surface area contributed by atoms with E-state index in [0.717, 1.165) is 41.9 Å². The van der Waals surface area contributed by atoms with Gasteiger partial charge in [-0.1, -0.05) is 12.1 Å². The minimum absolute atomic E-state index is 0.193. The lowest BCUT2D eigenvalue weighted by Gasteiger charge is -2.07. The third-order valence-electron chi connectivity index (χ3n) is 3.49. The zero-order valence-electron chi connectivity index (χ0n) is 12.1. The Morgan fingerprint density at radius 1 is 1.05 bits per heavy atom. The number of anilines is 1. The molecule has 0 aliphatic rings. The van der Waals surface area contributed by atoms with Crippen molar-refractivity contribution >= 4 is 5.82 Å². The highest BCUT2D eigenvalue weighted by molar-refractivity contribution is 5.74. The maximum Gasteiger partial charge on any atom is 0.129 e. The van der Waals surface area contributed by atoms with Gasteiger partial charge in [0.15, 0.2) is 0 Å². The van der Waals surface area contributed by atoms with E-state index in [2.05, 4.69) is 20.5 Å². The van der Waals surface area contributed by atoms with Crippen molar-refractivity contribution in [1.82, 2.24) is 15.2 Å². The summed E-state index contributed by atoms with van der Waals surface area (Å²) in [7, 11) is 0. The molecule has 3 rings (SSSR count). The van der Waals surface area contributed by atoms with Crippen LogP contribution in [0.1, 0.15) is 12.0 Å². The number of aryl methyl sites for hydroxylation is 1. The standard InChI is InChI=1S/C17H17FN4/c18-15-5-3-13(4-6-15)2-1-9-20-17-16(12-21-22-17)14-7-10-19-11-8-14/h3-8,10-12H,1-2,9H2,(H2,20,21,22). The Morgan fingerprint density at radius 2 is 1.82 bits per heavy atom. The molecule has 2 N–H and O–H groups in total. The number of pyridine rings is 1. The van der Waals surface area contributed by atoms with Gasteiger partial charge in [0.25, 0.3) is 0 Å². The molecule has 0 atom stereocenters. The molecule has 112 valence electrons. The molecule has 0 fully saturated rings. The SMILES string of the molecule is Fc1ccc(CCCNc2[nH]ncc2-c2ccncc2)cc1. The quantitative estimate of drug-likeness (QED) is 0.683. The summed E-state index contributed by atoms with van der Waals surface area (Å²) in [5.74, 6) is 0.714. The highest BCUT2D eigenvalue weighted by Gasteiger charge is 2.06.